The number of hydrogen-bond donors (Lipinski definition) is 1. The molecule has 1 aromatic carbocycles. The Morgan fingerprint density at radius 3 is 2.24 bits per heavy atom. The minimum atomic E-state index is -1.36. The highest BCUT2D eigenvalue weighted by Gasteiger charge is 2.39. The van der Waals surface area contributed by atoms with Gasteiger partial charge in [0.2, 0.25) is 6.79 Å². The molecule has 1 heterocycles. The number of hydrogen-bond acceptors (Lipinski definition) is 7. The van der Waals surface area contributed by atoms with Gasteiger partial charge in [-0.25, -0.2) is 18.6 Å². The van der Waals surface area contributed by atoms with E-state index in [9.17, 15) is 28.3 Å². The van der Waals surface area contributed by atoms with E-state index in [0.29, 0.717) is 0 Å². The van der Waals surface area contributed by atoms with Gasteiger partial charge in [-0.15, -0.1) is 0 Å². The Morgan fingerprint density at radius 1 is 1.05 bits per heavy atom. The maximum absolute atomic E-state index is 14.8. The van der Waals surface area contributed by atoms with Gasteiger partial charge in [-0.3, -0.25) is 9.59 Å². The number of amides is 1. The van der Waals surface area contributed by atoms with Crippen LogP contribution in [0.25, 0.3) is 0 Å². The third-order valence-electron chi connectivity index (χ3n) is 6.17. The average molecular weight is 537 g/mol. The van der Waals surface area contributed by atoms with Crippen LogP contribution in [0.5, 0.6) is 11.5 Å². The van der Waals surface area contributed by atoms with Gasteiger partial charge in [0.15, 0.2) is 17.2 Å². The van der Waals surface area contributed by atoms with Gasteiger partial charge in [-0.1, -0.05) is 33.8 Å². The van der Waals surface area contributed by atoms with Crippen molar-refractivity contribution in [1.29, 1.82) is 0 Å². The highest BCUT2D eigenvalue weighted by atomic mass is 19.1. The number of esters is 1. The van der Waals surface area contributed by atoms with E-state index in [1.54, 1.807) is 34.6 Å². The van der Waals surface area contributed by atoms with Crippen LogP contribution in [0.15, 0.2) is 30.5 Å². The molecule has 0 aliphatic heterocycles. The Bertz CT molecular complexity index is 1160. The smallest absolute Gasteiger partial charge is 0.326 e. The Morgan fingerprint density at radius 2 is 1.71 bits per heavy atom. The minimum Gasteiger partial charge on any atom is -0.493 e. The van der Waals surface area contributed by atoms with Gasteiger partial charge in [-0.05, 0) is 31.4 Å². The number of methoxy groups -OCH3 is 1. The number of carbonyl (C=O) groups is 3. The normalized spacial score (nSPS) is 13.6. The summed E-state index contributed by atoms with van der Waals surface area (Å²) in [5.74, 6) is -5.66. The first-order valence-electron chi connectivity index (χ1n) is 12.1. The SMILES string of the molecule is COc1ccnc(C(=O)N(C(C)[C@H](c2ccc(F)cc2F)C(C)C)[C@@H](C)C(=O)O)c1OCOC(=O)C(C)C. The van der Waals surface area contributed by atoms with Gasteiger partial charge in [0.05, 0.1) is 13.0 Å². The maximum atomic E-state index is 14.8. The van der Waals surface area contributed by atoms with Crippen molar-refractivity contribution in [1.82, 2.24) is 9.88 Å². The molecule has 0 saturated carbocycles. The number of rotatable bonds is 12. The van der Waals surface area contributed by atoms with Crippen molar-refractivity contribution in [3.05, 3.63) is 53.4 Å². The second-order valence-corrected chi connectivity index (χ2v) is 9.47. The lowest BCUT2D eigenvalue weighted by Crippen LogP contribution is -2.51. The third kappa shape index (κ3) is 6.96. The van der Waals surface area contributed by atoms with E-state index in [0.717, 1.165) is 17.0 Å². The number of carboxylic acids is 1. The van der Waals surface area contributed by atoms with Crippen LogP contribution in [0.4, 0.5) is 8.78 Å². The molecule has 1 amide bonds. The summed E-state index contributed by atoms with van der Waals surface area (Å²) in [4.78, 5) is 43.1. The second kappa shape index (κ2) is 13.2. The summed E-state index contributed by atoms with van der Waals surface area (Å²) in [6, 6.07) is 2.34. The average Bonchev–Trinajstić information content (AvgIpc) is 2.85. The largest absolute Gasteiger partial charge is 0.493 e. The van der Waals surface area contributed by atoms with Crippen LogP contribution in [-0.4, -0.2) is 58.8 Å². The first-order chi connectivity index (χ1) is 17.8. The molecule has 2 aromatic rings. The highest BCUT2D eigenvalue weighted by molar-refractivity contribution is 5.98. The molecule has 0 bridgehead atoms. The lowest BCUT2D eigenvalue weighted by molar-refractivity contribution is -0.154. The molecule has 0 radical (unpaired) electrons. The molecule has 0 saturated heterocycles. The van der Waals surface area contributed by atoms with Crippen LogP contribution in [-0.2, 0) is 14.3 Å². The zero-order valence-corrected chi connectivity index (χ0v) is 22.5. The van der Waals surface area contributed by atoms with Crippen LogP contribution in [0.3, 0.4) is 0 Å². The third-order valence-corrected chi connectivity index (χ3v) is 6.17. The van der Waals surface area contributed by atoms with Crippen molar-refractivity contribution >= 4 is 17.8 Å². The van der Waals surface area contributed by atoms with E-state index in [-0.39, 0.29) is 28.7 Å². The quantitative estimate of drug-likeness (QED) is 0.308. The number of nitrogens with zero attached hydrogens (tertiary/aromatic N) is 2. The molecule has 0 aliphatic rings. The summed E-state index contributed by atoms with van der Waals surface area (Å²) in [7, 11) is 1.34. The predicted molar refractivity (Wildman–Crippen MR) is 134 cm³/mol. The number of aromatic nitrogens is 1. The molecular weight excluding hydrogens is 502 g/mol. The molecule has 2 rings (SSSR count). The first kappa shape index (κ1) is 30.5. The lowest BCUT2D eigenvalue weighted by Gasteiger charge is -2.39. The Balaban J connectivity index is 2.58. The summed E-state index contributed by atoms with van der Waals surface area (Å²) in [5, 5.41) is 9.85. The fraction of sp³-hybridized carbons (Fsp3) is 0.481. The number of carbonyl (C=O) groups excluding carboxylic acids is 2. The van der Waals surface area contributed by atoms with E-state index in [1.807, 2.05) is 0 Å². The molecule has 11 heteroatoms. The molecule has 0 aliphatic carbocycles. The van der Waals surface area contributed by atoms with E-state index in [1.165, 1.54) is 32.4 Å². The van der Waals surface area contributed by atoms with Gasteiger partial charge < -0.3 is 24.2 Å². The van der Waals surface area contributed by atoms with Crippen molar-refractivity contribution in [2.45, 2.75) is 59.5 Å². The van der Waals surface area contributed by atoms with Gasteiger partial charge in [0.25, 0.3) is 5.91 Å². The topological polar surface area (TPSA) is 115 Å². The maximum Gasteiger partial charge on any atom is 0.326 e. The molecule has 1 unspecified atom stereocenters. The fourth-order valence-electron chi connectivity index (χ4n) is 4.27. The zero-order valence-electron chi connectivity index (χ0n) is 22.5. The zero-order chi connectivity index (χ0) is 28.7. The first-order valence-corrected chi connectivity index (χ1v) is 12.1. The van der Waals surface area contributed by atoms with Crippen molar-refractivity contribution in [3.8, 4) is 11.5 Å². The van der Waals surface area contributed by atoms with Crippen LogP contribution >= 0.6 is 0 Å². The van der Waals surface area contributed by atoms with E-state index < -0.39 is 60.2 Å². The molecule has 1 aromatic heterocycles. The number of carboxylic acid groups (broad SMARTS) is 1. The Hall–Kier alpha value is -3.76. The summed E-state index contributed by atoms with van der Waals surface area (Å²) >= 11 is 0. The van der Waals surface area contributed by atoms with E-state index >= 15 is 0 Å². The summed E-state index contributed by atoms with van der Waals surface area (Å²) in [6.07, 6.45) is 1.28. The van der Waals surface area contributed by atoms with E-state index in [2.05, 4.69) is 4.98 Å². The molecule has 208 valence electrons. The van der Waals surface area contributed by atoms with Gasteiger partial charge in [-0.2, -0.15) is 0 Å². The predicted octanol–water partition coefficient (Wildman–Crippen LogP) is 4.65. The number of benzene rings is 1. The molecule has 1 N–H and O–H groups in total. The van der Waals surface area contributed by atoms with Crippen molar-refractivity contribution in [2.75, 3.05) is 13.9 Å². The fourth-order valence-corrected chi connectivity index (χ4v) is 4.27. The molecule has 38 heavy (non-hydrogen) atoms. The molecule has 0 fully saturated rings. The lowest BCUT2D eigenvalue weighted by atomic mass is 9.81. The van der Waals surface area contributed by atoms with Crippen molar-refractivity contribution in [3.63, 3.8) is 0 Å². The van der Waals surface area contributed by atoms with Crippen molar-refractivity contribution < 1.29 is 42.5 Å². The molecule has 9 nitrogen and oxygen atoms in total. The second-order valence-electron chi connectivity index (χ2n) is 9.47. The van der Waals surface area contributed by atoms with Crippen LogP contribution in [0.1, 0.15) is 63.5 Å². The Labute approximate surface area is 220 Å². The summed E-state index contributed by atoms with van der Waals surface area (Å²) in [5.41, 5.74) is -0.146. The molecule has 0 spiro atoms. The monoisotopic (exact) mass is 536 g/mol. The summed E-state index contributed by atoms with van der Waals surface area (Å²) < 4.78 is 44.4. The standard InChI is InChI=1S/C27H34F2N2O7/c1-14(2)22(19-9-8-18(28)12-20(19)29)16(5)31(17(6)26(33)34)25(32)23-24(21(36-7)10-11-30-23)37-13-38-27(35)15(3)4/h8-12,14-17,22H,13H2,1-7H3,(H,33,34)/t16?,17-,22+/m0/s1. The van der Waals surface area contributed by atoms with Gasteiger partial charge in [0, 0.05) is 30.3 Å². The Kier molecular flexibility index (Phi) is 10.5. The molecule has 3 atom stereocenters. The van der Waals surface area contributed by atoms with E-state index in [4.69, 9.17) is 14.2 Å². The minimum absolute atomic E-state index is 0.101. The van der Waals surface area contributed by atoms with Crippen LogP contribution in [0.2, 0.25) is 0 Å². The summed E-state index contributed by atoms with van der Waals surface area (Å²) in [6.45, 7) is 9.24. The highest BCUT2D eigenvalue weighted by Crippen LogP contribution is 2.36. The number of halogens is 2. The number of pyridine rings is 1. The van der Waals surface area contributed by atoms with Crippen LogP contribution < -0.4 is 9.47 Å². The van der Waals surface area contributed by atoms with Crippen LogP contribution in [0, 0.1) is 23.5 Å². The number of ether oxygens (including phenoxy) is 3. The van der Waals surface area contributed by atoms with Crippen molar-refractivity contribution in [2.24, 2.45) is 11.8 Å². The van der Waals surface area contributed by atoms with Gasteiger partial charge >= 0.3 is 11.9 Å². The van der Waals surface area contributed by atoms with Gasteiger partial charge in [0.1, 0.15) is 17.7 Å². The number of aliphatic carboxylic acids is 1. The molecular formula is C27H34F2N2O7.